The smallest absolute Gasteiger partial charge is 0.394 e. The molecule has 0 rings (SSSR count). The van der Waals surface area contributed by atoms with Crippen LogP contribution in [0.25, 0.3) is 0 Å². The molecule has 0 radical (unpaired) electrons. The van der Waals surface area contributed by atoms with E-state index in [2.05, 4.69) is 4.31 Å². The number of carbonyl (C=O) groups is 2. The number of aliphatic hydroxyl groups is 10. The Morgan fingerprint density at radius 2 is 0.848 bits per heavy atom. The monoisotopic (exact) mass is 538 g/mol. The molecule has 0 aliphatic heterocycles. The topological polar surface area (TPSA) is 361 Å². The normalized spacial score (nSPS) is 17.2. The molecule has 19 nitrogen and oxygen atoms in total. The molecular formula is C12H28O19P2. The molecule has 21 heteroatoms. The molecule has 0 aromatic rings. The summed E-state index contributed by atoms with van der Waals surface area (Å²) in [4.78, 5) is 52.0. The standard InChI is InChI=1S/2C6H12O6.H4O7P2/c2*7-1-3(9)5(11)6(12)4(10)2-8;1-8(2,3)7-9(4,5)6/h2*3,5-9,11-12H,1-2H2;(H2,1,2,3)(H2,4,5,6). The van der Waals surface area contributed by atoms with E-state index < -0.39 is 90.3 Å². The summed E-state index contributed by atoms with van der Waals surface area (Å²) in [5.41, 5.74) is 0. The number of phosphoric acid groups is 2. The van der Waals surface area contributed by atoms with Gasteiger partial charge in [0, 0.05) is 0 Å². The maximum atomic E-state index is 10.5. The molecule has 0 amide bonds. The Labute approximate surface area is 184 Å². The van der Waals surface area contributed by atoms with E-state index in [1.807, 2.05) is 0 Å². The van der Waals surface area contributed by atoms with Gasteiger partial charge in [-0.25, -0.2) is 9.13 Å². The van der Waals surface area contributed by atoms with Gasteiger partial charge in [0.25, 0.3) is 0 Å². The molecule has 0 saturated carbocycles. The van der Waals surface area contributed by atoms with Crippen molar-refractivity contribution >= 4 is 27.2 Å². The second-order valence-electron chi connectivity index (χ2n) is 5.68. The molecule has 0 aliphatic carbocycles. The fourth-order valence-electron chi connectivity index (χ4n) is 1.34. The number of hydrogen-bond acceptors (Lipinski definition) is 15. The molecule has 33 heavy (non-hydrogen) atoms. The van der Waals surface area contributed by atoms with Crippen molar-refractivity contribution in [2.45, 2.75) is 36.6 Å². The molecule has 14 N–H and O–H groups in total. The van der Waals surface area contributed by atoms with Crippen LogP contribution in [0.5, 0.6) is 0 Å². The zero-order valence-corrected chi connectivity index (χ0v) is 18.3. The predicted octanol–water partition coefficient (Wildman–Crippen LogP) is -7.57. The van der Waals surface area contributed by atoms with Crippen molar-refractivity contribution in [3.63, 3.8) is 0 Å². The SMILES string of the molecule is O=C(CO)C(O)C(O)C(O)CO.O=C(CO)C(O)C(O)C(O)CO.O=P(O)(O)OP(=O)(O)O. The lowest BCUT2D eigenvalue weighted by Crippen LogP contribution is -2.44. The zero-order chi connectivity index (χ0) is 27.2. The summed E-state index contributed by atoms with van der Waals surface area (Å²) in [6, 6.07) is 0. The Bertz CT molecular complexity index is 591. The Kier molecular flexibility index (Phi) is 19.6. The molecule has 6 unspecified atom stereocenters. The highest BCUT2D eigenvalue weighted by Crippen LogP contribution is 2.53. The van der Waals surface area contributed by atoms with Crippen LogP contribution < -0.4 is 0 Å². The third-order valence-corrected chi connectivity index (χ3v) is 4.70. The highest BCUT2D eigenvalue weighted by atomic mass is 31.3. The van der Waals surface area contributed by atoms with Gasteiger partial charge in [0.05, 0.1) is 13.2 Å². The van der Waals surface area contributed by atoms with E-state index in [0.29, 0.717) is 0 Å². The molecule has 0 spiro atoms. The third-order valence-electron chi connectivity index (χ3n) is 2.99. The lowest BCUT2D eigenvalue weighted by atomic mass is 10.1. The van der Waals surface area contributed by atoms with Gasteiger partial charge < -0.3 is 70.6 Å². The van der Waals surface area contributed by atoms with Gasteiger partial charge in [0.15, 0.2) is 11.6 Å². The fourth-order valence-corrected chi connectivity index (χ4v) is 2.45. The molecule has 0 aromatic carbocycles. The minimum absolute atomic E-state index is 0.767. The molecular weight excluding hydrogens is 510 g/mol. The van der Waals surface area contributed by atoms with E-state index in [0.717, 1.165) is 0 Å². The first-order valence-electron chi connectivity index (χ1n) is 8.19. The van der Waals surface area contributed by atoms with Crippen LogP contribution >= 0.6 is 15.6 Å². The van der Waals surface area contributed by atoms with E-state index in [-0.39, 0.29) is 0 Å². The Morgan fingerprint density at radius 1 is 0.606 bits per heavy atom. The zero-order valence-electron chi connectivity index (χ0n) is 16.5. The second kappa shape index (κ2) is 17.6. The van der Waals surface area contributed by atoms with E-state index in [9.17, 15) is 18.7 Å². The van der Waals surface area contributed by atoms with Crippen molar-refractivity contribution in [2.24, 2.45) is 0 Å². The summed E-state index contributed by atoms with van der Waals surface area (Å²) in [5, 5.41) is 86.1. The van der Waals surface area contributed by atoms with Gasteiger partial charge in [-0.15, -0.1) is 0 Å². The highest BCUT2D eigenvalue weighted by Gasteiger charge is 2.30. The average Bonchev–Trinajstić information content (AvgIpc) is 2.72. The highest BCUT2D eigenvalue weighted by molar-refractivity contribution is 7.60. The van der Waals surface area contributed by atoms with Gasteiger partial charge in [-0.2, -0.15) is 4.31 Å². The average molecular weight is 538 g/mol. The first kappa shape index (κ1) is 36.8. The minimum atomic E-state index is -5.05. The van der Waals surface area contributed by atoms with E-state index in [1.54, 1.807) is 0 Å². The van der Waals surface area contributed by atoms with Gasteiger partial charge in [0.1, 0.15) is 49.8 Å². The second-order valence-corrected chi connectivity index (χ2v) is 8.30. The Morgan fingerprint density at radius 3 is 0.970 bits per heavy atom. The van der Waals surface area contributed by atoms with Crippen molar-refractivity contribution in [2.75, 3.05) is 26.4 Å². The molecule has 0 bridgehead atoms. The summed E-state index contributed by atoms with van der Waals surface area (Å²) in [6.45, 7) is -3.37. The molecule has 0 aromatic heterocycles. The number of aliphatic hydroxyl groups excluding tert-OH is 10. The molecule has 0 heterocycles. The maximum absolute atomic E-state index is 10.5. The van der Waals surface area contributed by atoms with Gasteiger partial charge in [-0.1, -0.05) is 0 Å². The molecule has 0 aliphatic rings. The van der Waals surface area contributed by atoms with Crippen molar-refractivity contribution in [1.82, 2.24) is 0 Å². The summed E-state index contributed by atoms with van der Waals surface area (Å²) in [5.74, 6) is -2.01. The van der Waals surface area contributed by atoms with E-state index >= 15 is 0 Å². The van der Waals surface area contributed by atoms with Crippen molar-refractivity contribution < 1.29 is 93.7 Å². The molecule has 0 fully saturated rings. The van der Waals surface area contributed by atoms with Crippen LogP contribution in [0.1, 0.15) is 0 Å². The van der Waals surface area contributed by atoms with Crippen molar-refractivity contribution in [3.05, 3.63) is 0 Å². The fraction of sp³-hybridized carbons (Fsp3) is 0.833. The number of Topliss-reactive ketones (excluding diaryl/α,β-unsaturated/α-hetero) is 2. The first-order chi connectivity index (χ1) is 14.8. The van der Waals surface area contributed by atoms with Crippen LogP contribution in [0.15, 0.2) is 0 Å². The molecule has 6 atom stereocenters. The number of hydrogen-bond donors (Lipinski definition) is 14. The number of rotatable bonds is 12. The number of ketones is 2. The Balaban J connectivity index is -0.000000414. The minimum Gasteiger partial charge on any atom is -0.394 e. The predicted molar refractivity (Wildman–Crippen MR) is 99.6 cm³/mol. The van der Waals surface area contributed by atoms with Crippen molar-refractivity contribution in [3.8, 4) is 0 Å². The van der Waals surface area contributed by atoms with E-state index in [1.165, 1.54) is 0 Å². The summed E-state index contributed by atoms with van der Waals surface area (Å²) < 4.78 is 22.2. The van der Waals surface area contributed by atoms with Gasteiger partial charge >= 0.3 is 15.6 Å². The quantitative estimate of drug-likeness (QED) is 0.103. The van der Waals surface area contributed by atoms with Crippen molar-refractivity contribution in [1.29, 1.82) is 0 Å². The van der Waals surface area contributed by atoms with Gasteiger partial charge in [-0.05, 0) is 0 Å². The largest absolute Gasteiger partial charge is 0.478 e. The van der Waals surface area contributed by atoms with Gasteiger partial charge in [-0.3, -0.25) is 9.59 Å². The lowest BCUT2D eigenvalue weighted by Gasteiger charge is -2.19. The van der Waals surface area contributed by atoms with Crippen LogP contribution in [-0.2, 0) is 23.0 Å². The number of carbonyl (C=O) groups excluding carboxylic acids is 2. The van der Waals surface area contributed by atoms with Crippen LogP contribution in [0.2, 0.25) is 0 Å². The van der Waals surface area contributed by atoms with Crippen LogP contribution in [0.4, 0.5) is 0 Å². The van der Waals surface area contributed by atoms with Crippen LogP contribution in [0, 0.1) is 0 Å². The van der Waals surface area contributed by atoms with Gasteiger partial charge in [0.2, 0.25) is 0 Å². The maximum Gasteiger partial charge on any atom is 0.478 e. The van der Waals surface area contributed by atoms with E-state index in [4.69, 9.17) is 70.6 Å². The van der Waals surface area contributed by atoms with Crippen LogP contribution in [-0.4, -0.2) is 145 Å². The summed E-state index contributed by atoms with van der Waals surface area (Å²) in [6.07, 6.45) is -10.4. The Hall–Kier alpha value is -0.800. The third kappa shape index (κ3) is 19.2. The summed E-state index contributed by atoms with van der Waals surface area (Å²) in [7, 11) is -10.1. The summed E-state index contributed by atoms with van der Waals surface area (Å²) >= 11 is 0. The lowest BCUT2D eigenvalue weighted by molar-refractivity contribution is -0.143. The molecule has 0 saturated heterocycles. The molecule has 200 valence electrons. The first-order valence-corrected chi connectivity index (χ1v) is 11.2. The van der Waals surface area contributed by atoms with Crippen LogP contribution in [0.3, 0.4) is 0 Å².